The van der Waals surface area contributed by atoms with Crippen molar-refractivity contribution in [2.24, 2.45) is 0 Å². The predicted octanol–water partition coefficient (Wildman–Crippen LogP) is 5.33. The molecule has 3 heteroatoms. The Hall–Kier alpha value is -3.17. The lowest BCUT2D eigenvalue weighted by Gasteiger charge is -2.24. The van der Waals surface area contributed by atoms with Crippen LogP contribution in [0.2, 0.25) is 0 Å². The maximum absolute atomic E-state index is 11.1. The Balaban J connectivity index is 1.72. The molecule has 142 valence electrons. The quantitative estimate of drug-likeness (QED) is 0.396. The summed E-state index contributed by atoms with van der Waals surface area (Å²) in [7, 11) is 0. The Morgan fingerprint density at radius 1 is 0.821 bits per heavy atom. The van der Waals surface area contributed by atoms with Gasteiger partial charge in [-0.15, -0.1) is 0 Å². The largest absolute Gasteiger partial charge is 0.427 e. The molecular weight excluding hydrogens is 346 g/mol. The summed E-state index contributed by atoms with van der Waals surface area (Å²) < 4.78 is 5.11. The van der Waals surface area contributed by atoms with Crippen LogP contribution in [0, 0.1) is 0 Å². The van der Waals surface area contributed by atoms with Gasteiger partial charge in [-0.05, 0) is 34.4 Å². The van der Waals surface area contributed by atoms with Gasteiger partial charge in [-0.25, -0.2) is 0 Å². The highest BCUT2D eigenvalue weighted by Crippen LogP contribution is 2.20. The lowest BCUT2D eigenvalue weighted by atomic mass is 10.1. The minimum Gasteiger partial charge on any atom is -0.427 e. The molecule has 3 aromatic carbocycles. The van der Waals surface area contributed by atoms with E-state index in [-0.39, 0.29) is 5.97 Å². The van der Waals surface area contributed by atoms with E-state index in [9.17, 15) is 4.79 Å². The second kappa shape index (κ2) is 9.67. The van der Waals surface area contributed by atoms with E-state index in [1.54, 1.807) is 12.1 Å². The summed E-state index contributed by atoms with van der Waals surface area (Å²) in [6.07, 6.45) is 0. The molecule has 28 heavy (non-hydrogen) atoms. The molecule has 0 saturated carbocycles. The van der Waals surface area contributed by atoms with Gasteiger partial charge in [0.25, 0.3) is 0 Å². The van der Waals surface area contributed by atoms with Gasteiger partial charge in [0.1, 0.15) is 5.75 Å². The van der Waals surface area contributed by atoms with E-state index in [0.717, 1.165) is 30.8 Å². The lowest BCUT2D eigenvalue weighted by Crippen LogP contribution is -2.24. The van der Waals surface area contributed by atoms with Crippen LogP contribution >= 0.6 is 0 Å². The molecular formula is C25H25NO2. The third kappa shape index (κ3) is 5.93. The molecule has 0 fully saturated rings. The molecule has 0 saturated heterocycles. The third-order valence-corrected chi connectivity index (χ3v) is 4.44. The van der Waals surface area contributed by atoms with Gasteiger partial charge in [-0.3, -0.25) is 9.69 Å². The zero-order valence-corrected chi connectivity index (χ0v) is 16.2. The number of hydrogen-bond donors (Lipinski definition) is 0. The fourth-order valence-corrected chi connectivity index (χ4v) is 3.14. The second-order valence-electron chi connectivity index (χ2n) is 6.84. The van der Waals surface area contributed by atoms with Crippen LogP contribution in [0.4, 0.5) is 0 Å². The number of ether oxygens (including phenoxy) is 1. The van der Waals surface area contributed by atoms with Crippen molar-refractivity contribution in [2.45, 2.75) is 20.0 Å². The van der Waals surface area contributed by atoms with Gasteiger partial charge in [-0.2, -0.15) is 0 Å². The van der Waals surface area contributed by atoms with Gasteiger partial charge >= 0.3 is 5.97 Å². The molecule has 0 heterocycles. The second-order valence-corrected chi connectivity index (χ2v) is 6.84. The van der Waals surface area contributed by atoms with E-state index < -0.39 is 0 Å². The molecule has 0 aromatic heterocycles. The van der Waals surface area contributed by atoms with E-state index in [1.165, 1.54) is 18.1 Å². The average Bonchev–Trinajstić information content (AvgIpc) is 2.69. The van der Waals surface area contributed by atoms with E-state index in [1.807, 2.05) is 24.3 Å². The number of carbonyl (C=O) groups is 1. The van der Waals surface area contributed by atoms with Gasteiger partial charge in [0, 0.05) is 26.6 Å². The van der Waals surface area contributed by atoms with Crippen LogP contribution in [0.15, 0.2) is 91.5 Å². The Kier molecular flexibility index (Phi) is 6.77. The van der Waals surface area contributed by atoms with Gasteiger partial charge in [0.15, 0.2) is 0 Å². The van der Waals surface area contributed by atoms with Crippen molar-refractivity contribution in [1.29, 1.82) is 0 Å². The first-order valence-corrected chi connectivity index (χ1v) is 9.37. The number of rotatable bonds is 8. The number of hydrogen-bond acceptors (Lipinski definition) is 3. The Morgan fingerprint density at radius 2 is 1.32 bits per heavy atom. The highest BCUT2D eigenvalue weighted by atomic mass is 16.5. The summed E-state index contributed by atoms with van der Waals surface area (Å²) in [5, 5.41) is 0. The molecule has 3 aromatic rings. The summed E-state index contributed by atoms with van der Waals surface area (Å²) in [4.78, 5) is 13.5. The van der Waals surface area contributed by atoms with Crippen molar-refractivity contribution in [1.82, 2.24) is 4.90 Å². The molecule has 0 aliphatic carbocycles. The van der Waals surface area contributed by atoms with Crippen molar-refractivity contribution in [3.8, 4) is 5.75 Å². The summed E-state index contributed by atoms with van der Waals surface area (Å²) in [6.45, 7) is 8.13. The highest BCUT2D eigenvalue weighted by molar-refractivity contribution is 5.70. The smallest absolute Gasteiger partial charge is 0.308 e. The highest BCUT2D eigenvalue weighted by Gasteiger charge is 2.11. The minimum atomic E-state index is -0.316. The van der Waals surface area contributed by atoms with Crippen LogP contribution in [0.5, 0.6) is 5.75 Å². The molecule has 0 atom stereocenters. The van der Waals surface area contributed by atoms with Crippen LogP contribution in [-0.2, 0) is 17.9 Å². The maximum Gasteiger partial charge on any atom is 0.308 e. The number of esters is 1. The average molecular weight is 371 g/mol. The molecule has 0 unspecified atom stereocenters. The van der Waals surface area contributed by atoms with Crippen molar-refractivity contribution in [2.75, 3.05) is 6.54 Å². The van der Waals surface area contributed by atoms with Crippen molar-refractivity contribution in [3.63, 3.8) is 0 Å². The molecule has 0 spiro atoms. The maximum atomic E-state index is 11.1. The van der Waals surface area contributed by atoms with Crippen molar-refractivity contribution >= 4 is 11.5 Å². The first-order chi connectivity index (χ1) is 13.6. The number of carbonyl (C=O) groups excluding carboxylic acids is 1. The van der Waals surface area contributed by atoms with E-state index >= 15 is 0 Å². The molecule has 0 bridgehead atoms. The van der Waals surface area contributed by atoms with Gasteiger partial charge < -0.3 is 4.74 Å². The summed E-state index contributed by atoms with van der Waals surface area (Å²) in [5.41, 5.74) is 4.62. The molecule has 0 radical (unpaired) electrons. The summed E-state index contributed by atoms with van der Waals surface area (Å²) in [6, 6.07) is 28.4. The fourth-order valence-electron chi connectivity index (χ4n) is 3.14. The molecule has 0 N–H and O–H groups in total. The van der Waals surface area contributed by atoms with E-state index in [0.29, 0.717) is 5.75 Å². The van der Waals surface area contributed by atoms with Crippen LogP contribution in [0.3, 0.4) is 0 Å². The Morgan fingerprint density at radius 3 is 1.79 bits per heavy atom. The Bertz CT molecular complexity index is 861. The van der Waals surface area contributed by atoms with Crippen LogP contribution < -0.4 is 4.74 Å². The number of benzene rings is 3. The summed E-state index contributed by atoms with van der Waals surface area (Å²) >= 11 is 0. The van der Waals surface area contributed by atoms with Crippen molar-refractivity contribution in [3.05, 3.63) is 108 Å². The molecule has 0 aliphatic heterocycles. The molecule has 0 aliphatic rings. The SMILES string of the molecule is C=C(CN(Cc1ccccc1)Cc1ccccc1)c1ccc(OC(C)=O)cc1. The molecule has 0 amide bonds. The standard InChI is InChI=1S/C25H25NO2/c1-20(24-13-15-25(16-14-24)28-21(2)27)17-26(18-22-9-5-3-6-10-22)19-23-11-7-4-8-12-23/h3-16H,1,17-19H2,2H3. The first-order valence-electron chi connectivity index (χ1n) is 9.37. The van der Waals surface area contributed by atoms with Crippen molar-refractivity contribution < 1.29 is 9.53 Å². The zero-order valence-electron chi connectivity index (χ0n) is 16.2. The van der Waals surface area contributed by atoms with Crippen LogP contribution in [-0.4, -0.2) is 17.4 Å². The topological polar surface area (TPSA) is 29.5 Å². The first kappa shape index (κ1) is 19.6. The molecule has 3 rings (SSSR count). The fraction of sp³-hybridized carbons (Fsp3) is 0.160. The van der Waals surface area contributed by atoms with Crippen LogP contribution in [0.25, 0.3) is 5.57 Å². The lowest BCUT2D eigenvalue weighted by molar-refractivity contribution is -0.131. The zero-order chi connectivity index (χ0) is 19.8. The van der Waals surface area contributed by atoms with Gasteiger partial charge in [0.2, 0.25) is 0 Å². The van der Waals surface area contributed by atoms with Gasteiger partial charge in [-0.1, -0.05) is 79.4 Å². The van der Waals surface area contributed by atoms with Gasteiger partial charge in [0.05, 0.1) is 0 Å². The van der Waals surface area contributed by atoms with E-state index in [2.05, 4.69) is 60.0 Å². The number of nitrogens with zero attached hydrogens (tertiary/aromatic N) is 1. The van der Waals surface area contributed by atoms with E-state index in [4.69, 9.17) is 4.74 Å². The third-order valence-electron chi connectivity index (χ3n) is 4.44. The monoisotopic (exact) mass is 371 g/mol. The summed E-state index contributed by atoms with van der Waals surface area (Å²) in [5.74, 6) is 0.234. The molecule has 3 nitrogen and oxygen atoms in total. The minimum absolute atomic E-state index is 0.316. The predicted molar refractivity (Wildman–Crippen MR) is 114 cm³/mol. The normalized spacial score (nSPS) is 10.6. The van der Waals surface area contributed by atoms with Crippen LogP contribution in [0.1, 0.15) is 23.6 Å². The Labute approximate surface area is 166 Å².